The van der Waals surface area contributed by atoms with E-state index in [1.807, 2.05) is 30.5 Å². The summed E-state index contributed by atoms with van der Waals surface area (Å²) >= 11 is 1.51. The Morgan fingerprint density at radius 2 is 1.86 bits per heavy atom. The maximum Gasteiger partial charge on any atom is 0.169 e. The van der Waals surface area contributed by atoms with Gasteiger partial charge in [0.25, 0.3) is 0 Å². The Balaban J connectivity index is 1.70. The van der Waals surface area contributed by atoms with E-state index in [9.17, 15) is 5.11 Å². The van der Waals surface area contributed by atoms with Gasteiger partial charge in [-0.15, -0.1) is 11.8 Å². The number of benzene rings is 2. The summed E-state index contributed by atoms with van der Waals surface area (Å²) in [4.78, 5) is 8.76. The van der Waals surface area contributed by atoms with Gasteiger partial charge >= 0.3 is 0 Å². The molecule has 2 heterocycles. The molecule has 2 aromatic carbocycles. The smallest absolute Gasteiger partial charge is 0.169 e. The summed E-state index contributed by atoms with van der Waals surface area (Å²) in [6.45, 7) is 0. The molecule has 4 aromatic rings. The van der Waals surface area contributed by atoms with E-state index < -0.39 is 0 Å². The molecule has 0 bridgehead atoms. The fraction of sp³-hybridized carbons (Fsp3) is 0.100. The second kappa shape index (κ2) is 8.19. The predicted octanol–water partition coefficient (Wildman–Crippen LogP) is 3.70. The van der Waals surface area contributed by atoms with Crippen LogP contribution in [0.5, 0.6) is 11.5 Å². The summed E-state index contributed by atoms with van der Waals surface area (Å²) in [7, 11) is 1.63. The highest BCUT2D eigenvalue weighted by Crippen LogP contribution is 2.31. The molecule has 0 aliphatic carbocycles. The van der Waals surface area contributed by atoms with E-state index in [-0.39, 0.29) is 5.75 Å². The van der Waals surface area contributed by atoms with Crippen LogP contribution in [-0.2, 0) is 0 Å². The highest BCUT2D eigenvalue weighted by Gasteiger charge is 2.17. The number of nitrogens with one attached hydrogen (secondary N) is 1. The number of methoxy groups -OCH3 is 1. The standard InChI is InChI=1S/C20H18N6O2S/c1-28-16-9-5-14(6-10-16)26-19-17(20(25-26)29-2)18(21-12-22-19)24-23-11-13-3-7-15(27)8-4-13/h3-12,27H,1-2H3,(H,21,22,24)/b23-11+. The van der Waals surface area contributed by atoms with Crippen LogP contribution in [0.2, 0.25) is 0 Å². The molecular formula is C20H18N6O2S. The van der Waals surface area contributed by atoms with Crippen molar-refractivity contribution >= 4 is 34.8 Å². The topological polar surface area (TPSA) is 97.5 Å². The van der Waals surface area contributed by atoms with E-state index >= 15 is 0 Å². The van der Waals surface area contributed by atoms with E-state index in [1.54, 1.807) is 42.3 Å². The predicted molar refractivity (Wildman–Crippen MR) is 114 cm³/mol. The fourth-order valence-corrected chi connectivity index (χ4v) is 3.34. The first-order valence-corrected chi connectivity index (χ1v) is 9.92. The number of phenolic OH excluding ortho intramolecular Hbond substituents is 1. The van der Waals surface area contributed by atoms with Gasteiger partial charge in [-0.05, 0) is 60.4 Å². The minimum atomic E-state index is 0.211. The Bertz CT molecular complexity index is 1160. The van der Waals surface area contributed by atoms with Gasteiger partial charge in [-0.1, -0.05) is 0 Å². The van der Waals surface area contributed by atoms with Crippen LogP contribution >= 0.6 is 11.8 Å². The van der Waals surface area contributed by atoms with Gasteiger partial charge in [0, 0.05) is 0 Å². The molecule has 0 fully saturated rings. The lowest BCUT2D eigenvalue weighted by molar-refractivity contribution is 0.414. The van der Waals surface area contributed by atoms with Crippen molar-refractivity contribution in [2.75, 3.05) is 18.8 Å². The Kier molecular flexibility index (Phi) is 5.30. The van der Waals surface area contributed by atoms with Crippen LogP contribution in [0.15, 0.2) is 65.0 Å². The summed E-state index contributed by atoms with van der Waals surface area (Å²) in [5, 5.41) is 19.9. The number of hydrogen-bond acceptors (Lipinski definition) is 8. The van der Waals surface area contributed by atoms with Gasteiger partial charge in [0.05, 0.1) is 24.4 Å². The molecule has 0 spiro atoms. The number of rotatable bonds is 6. The van der Waals surface area contributed by atoms with Crippen molar-refractivity contribution in [3.8, 4) is 17.2 Å². The molecule has 146 valence electrons. The SMILES string of the molecule is COc1ccc(-n2nc(SC)c3c(N/N=C/c4ccc(O)cc4)ncnc32)cc1. The number of hydrogen-bond donors (Lipinski definition) is 2. The molecule has 0 aliphatic rings. The van der Waals surface area contributed by atoms with Crippen molar-refractivity contribution < 1.29 is 9.84 Å². The third-order valence-corrected chi connectivity index (χ3v) is 4.89. The molecule has 9 heteroatoms. The van der Waals surface area contributed by atoms with Crippen LogP contribution in [-0.4, -0.2) is 44.4 Å². The van der Waals surface area contributed by atoms with Crippen LogP contribution < -0.4 is 10.2 Å². The quantitative estimate of drug-likeness (QED) is 0.286. The van der Waals surface area contributed by atoms with E-state index in [4.69, 9.17) is 4.74 Å². The lowest BCUT2D eigenvalue weighted by Gasteiger charge is -2.05. The maximum absolute atomic E-state index is 9.37. The molecule has 0 aliphatic heterocycles. The van der Waals surface area contributed by atoms with E-state index in [2.05, 4.69) is 25.6 Å². The molecule has 2 N–H and O–H groups in total. The van der Waals surface area contributed by atoms with Crippen molar-refractivity contribution in [3.05, 3.63) is 60.4 Å². The molecule has 4 rings (SSSR count). The fourth-order valence-electron chi connectivity index (χ4n) is 2.78. The van der Waals surface area contributed by atoms with Gasteiger partial charge in [0.2, 0.25) is 0 Å². The Morgan fingerprint density at radius 1 is 1.10 bits per heavy atom. The summed E-state index contributed by atoms with van der Waals surface area (Å²) in [5.74, 6) is 1.55. The largest absolute Gasteiger partial charge is 0.508 e. The van der Waals surface area contributed by atoms with Crippen molar-refractivity contribution in [1.82, 2.24) is 19.7 Å². The Hall–Kier alpha value is -3.59. The second-order valence-electron chi connectivity index (χ2n) is 6.00. The number of hydrazone groups is 1. The van der Waals surface area contributed by atoms with Gasteiger partial charge < -0.3 is 9.84 Å². The first-order chi connectivity index (χ1) is 14.2. The maximum atomic E-state index is 9.37. The molecular weight excluding hydrogens is 388 g/mol. The number of phenols is 1. The van der Waals surface area contributed by atoms with Gasteiger partial charge in [0.15, 0.2) is 11.5 Å². The molecule has 0 atom stereocenters. The zero-order valence-corrected chi connectivity index (χ0v) is 16.6. The molecule has 0 amide bonds. The van der Waals surface area contributed by atoms with E-state index in [0.29, 0.717) is 11.5 Å². The Labute approximate surface area is 171 Å². The van der Waals surface area contributed by atoms with Crippen LogP contribution in [0, 0.1) is 0 Å². The monoisotopic (exact) mass is 406 g/mol. The van der Waals surface area contributed by atoms with Crippen molar-refractivity contribution in [2.24, 2.45) is 5.10 Å². The number of ether oxygens (including phenoxy) is 1. The number of aromatic hydroxyl groups is 1. The average molecular weight is 406 g/mol. The van der Waals surface area contributed by atoms with E-state index in [1.165, 1.54) is 18.1 Å². The second-order valence-corrected chi connectivity index (χ2v) is 6.80. The lowest BCUT2D eigenvalue weighted by atomic mass is 10.2. The van der Waals surface area contributed by atoms with Crippen LogP contribution in [0.1, 0.15) is 5.56 Å². The molecule has 0 unspecified atom stereocenters. The van der Waals surface area contributed by atoms with Gasteiger partial charge in [0.1, 0.15) is 22.9 Å². The molecule has 0 radical (unpaired) electrons. The Morgan fingerprint density at radius 3 is 2.55 bits per heavy atom. The first-order valence-electron chi connectivity index (χ1n) is 8.70. The van der Waals surface area contributed by atoms with Crippen molar-refractivity contribution in [3.63, 3.8) is 0 Å². The number of aromatic nitrogens is 4. The third kappa shape index (κ3) is 3.85. The summed E-state index contributed by atoms with van der Waals surface area (Å²) in [6, 6.07) is 14.4. The molecule has 0 saturated heterocycles. The molecule has 8 nitrogen and oxygen atoms in total. The molecule has 2 aromatic heterocycles. The highest BCUT2D eigenvalue weighted by molar-refractivity contribution is 7.98. The van der Waals surface area contributed by atoms with Crippen molar-refractivity contribution in [2.45, 2.75) is 5.03 Å². The number of nitrogens with zero attached hydrogens (tertiary/aromatic N) is 5. The minimum Gasteiger partial charge on any atom is -0.508 e. The third-order valence-electron chi connectivity index (χ3n) is 4.22. The van der Waals surface area contributed by atoms with Gasteiger partial charge in [-0.25, -0.2) is 14.6 Å². The summed E-state index contributed by atoms with van der Waals surface area (Å²) in [5.41, 5.74) is 5.37. The normalized spacial score (nSPS) is 11.2. The highest BCUT2D eigenvalue weighted by atomic mass is 32.2. The molecule has 29 heavy (non-hydrogen) atoms. The lowest BCUT2D eigenvalue weighted by Crippen LogP contribution is -1.99. The minimum absolute atomic E-state index is 0.211. The summed E-state index contributed by atoms with van der Waals surface area (Å²) < 4.78 is 7.00. The van der Waals surface area contributed by atoms with Crippen LogP contribution in [0.3, 0.4) is 0 Å². The van der Waals surface area contributed by atoms with E-state index in [0.717, 1.165) is 27.4 Å². The number of fused-ring (bicyclic) bond motifs is 1. The van der Waals surface area contributed by atoms with Crippen molar-refractivity contribution in [1.29, 1.82) is 0 Å². The van der Waals surface area contributed by atoms with Gasteiger partial charge in [-0.2, -0.15) is 10.2 Å². The van der Waals surface area contributed by atoms with Crippen LogP contribution in [0.4, 0.5) is 5.82 Å². The van der Waals surface area contributed by atoms with Crippen LogP contribution in [0.25, 0.3) is 16.7 Å². The zero-order chi connectivity index (χ0) is 20.2. The number of thioether (sulfide) groups is 1. The zero-order valence-electron chi connectivity index (χ0n) is 15.8. The number of anilines is 1. The van der Waals surface area contributed by atoms with Gasteiger partial charge in [-0.3, -0.25) is 5.43 Å². The molecule has 0 saturated carbocycles. The first kappa shape index (κ1) is 18.8. The summed E-state index contributed by atoms with van der Waals surface area (Å²) in [6.07, 6.45) is 5.09. The average Bonchev–Trinajstić information content (AvgIpc) is 3.15.